The van der Waals surface area contributed by atoms with Crippen LogP contribution in [0, 0.1) is 11.8 Å². The third kappa shape index (κ3) is 2.57. The Balaban J connectivity index is 1.94. The number of hydrogen-bond donors (Lipinski definition) is 0. The number of fused-ring (bicyclic) bond motifs is 3. The lowest BCUT2D eigenvalue weighted by Gasteiger charge is -2.45. The second-order valence-corrected chi connectivity index (χ2v) is 7.80. The molecule has 6 heteroatoms. The summed E-state index contributed by atoms with van der Waals surface area (Å²) in [6, 6.07) is 9.76. The van der Waals surface area contributed by atoms with Crippen LogP contribution >= 0.6 is 0 Å². The molecule has 0 fully saturated rings. The minimum atomic E-state index is -4.64. The van der Waals surface area contributed by atoms with Crippen molar-refractivity contribution in [1.29, 1.82) is 0 Å². The number of halogens is 3. The molecule has 2 aromatic rings. The van der Waals surface area contributed by atoms with Crippen LogP contribution in [0.4, 0.5) is 13.2 Å². The lowest BCUT2D eigenvalue weighted by Crippen LogP contribution is -2.47. The van der Waals surface area contributed by atoms with Crippen molar-refractivity contribution < 1.29 is 18.0 Å². The van der Waals surface area contributed by atoms with Crippen molar-refractivity contribution in [2.75, 3.05) is 0 Å². The summed E-state index contributed by atoms with van der Waals surface area (Å²) in [6.07, 6.45) is -2.13. The predicted octanol–water partition coefficient (Wildman–Crippen LogP) is 4.61. The Hall–Kier alpha value is -2.37. The number of rotatable bonds is 1. The summed E-state index contributed by atoms with van der Waals surface area (Å²) in [5, 5.41) is 4.65. The molecule has 0 radical (unpaired) electrons. The Morgan fingerprint density at radius 1 is 1.22 bits per heavy atom. The maximum absolute atomic E-state index is 13.5. The van der Waals surface area contributed by atoms with Crippen LogP contribution in [0.15, 0.2) is 42.0 Å². The molecule has 0 saturated heterocycles. The van der Waals surface area contributed by atoms with Crippen molar-refractivity contribution in [3.8, 4) is 11.3 Å². The maximum atomic E-state index is 13.5. The van der Waals surface area contributed by atoms with Crippen molar-refractivity contribution in [3.05, 3.63) is 53.2 Å². The van der Waals surface area contributed by atoms with E-state index in [2.05, 4.69) is 5.10 Å². The van der Waals surface area contributed by atoms with Gasteiger partial charge in [0, 0.05) is 29.5 Å². The normalized spacial score (nSPS) is 27.8. The Bertz CT molecular complexity index is 942. The topological polar surface area (TPSA) is 34.9 Å². The first kappa shape index (κ1) is 18.0. The van der Waals surface area contributed by atoms with Crippen molar-refractivity contribution in [2.45, 2.75) is 38.3 Å². The highest BCUT2D eigenvalue weighted by Crippen LogP contribution is 2.52. The highest BCUT2D eigenvalue weighted by Gasteiger charge is 2.54. The van der Waals surface area contributed by atoms with E-state index in [1.807, 2.05) is 37.4 Å². The first-order valence-corrected chi connectivity index (χ1v) is 9.10. The molecule has 0 spiro atoms. The van der Waals surface area contributed by atoms with Crippen LogP contribution in [0.5, 0.6) is 0 Å². The minimum absolute atomic E-state index is 0.179. The number of Topliss-reactive ketones (excluding diaryl/α,β-unsaturated/α-hetero) is 1. The molecule has 0 amide bonds. The fourth-order valence-electron chi connectivity index (χ4n) is 4.94. The number of ketones is 1. The van der Waals surface area contributed by atoms with Gasteiger partial charge in [-0.2, -0.15) is 18.3 Å². The van der Waals surface area contributed by atoms with E-state index >= 15 is 0 Å². The van der Waals surface area contributed by atoms with Gasteiger partial charge in [-0.3, -0.25) is 9.48 Å². The molecule has 1 aromatic carbocycles. The summed E-state index contributed by atoms with van der Waals surface area (Å²) in [5.41, 5.74) is 1.65. The average molecular weight is 374 g/mol. The van der Waals surface area contributed by atoms with Gasteiger partial charge in [0.05, 0.1) is 17.0 Å². The molecule has 3 atom stereocenters. The molecule has 27 heavy (non-hydrogen) atoms. The number of aromatic nitrogens is 2. The van der Waals surface area contributed by atoms with Crippen molar-refractivity contribution >= 4 is 5.78 Å². The molecule has 0 aliphatic heterocycles. The average Bonchev–Trinajstić information content (AvgIpc) is 2.95. The van der Waals surface area contributed by atoms with Gasteiger partial charge in [0.1, 0.15) is 0 Å². The lowest BCUT2D eigenvalue weighted by molar-refractivity contribution is -0.136. The number of aryl methyl sites for hydroxylation is 1. The second kappa shape index (κ2) is 5.81. The first-order valence-electron chi connectivity index (χ1n) is 9.10. The summed E-state index contributed by atoms with van der Waals surface area (Å²) in [5.74, 6) is -1.65. The number of alkyl halides is 3. The highest BCUT2D eigenvalue weighted by atomic mass is 19.4. The zero-order chi connectivity index (χ0) is 19.6. The standard InChI is InChI=1S/C21H21F3N2O/c1-12-15-10-9-14-17(13-7-5-4-6-8-13)26(3)25-19(14)20(15,2)11-16(18(12)27)21(22,23)24/h4-8,11-12,15H,9-10H2,1-3H3. The molecule has 1 aromatic heterocycles. The third-order valence-corrected chi connectivity index (χ3v) is 6.21. The molecule has 2 aliphatic carbocycles. The van der Waals surface area contributed by atoms with Gasteiger partial charge in [-0.05, 0) is 18.8 Å². The molecular formula is C21H21F3N2O. The lowest BCUT2D eigenvalue weighted by atomic mass is 9.57. The van der Waals surface area contributed by atoms with E-state index in [9.17, 15) is 18.0 Å². The minimum Gasteiger partial charge on any atom is -0.294 e. The Morgan fingerprint density at radius 3 is 2.52 bits per heavy atom. The van der Waals surface area contributed by atoms with Crippen LogP contribution in [0.1, 0.15) is 31.5 Å². The number of hydrogen-bond acceptors (Lipinski definition) is 2. The van der Waals surface area contributed by atoms with Gasteiger partial charge in [0.15, 0.2) is 5.78 Å². The van der Waals surface area contributed by atoms with Crippen LogP contribution in [-0.2, 0) is 23.7 Å². The first-order chi connectivity index (χ1) is 12.6. The number of carbonyl (C=O) groups is 1. The molecule has 4 rings (SSSR count). The predicted molar refractivity (Wildman–Crippen MR) is 96.1 cm³/mol. The monoisotopic (exact) mass is 374 g/mol. The Kier molecular flexibility index (Phi) is 3.88. The molecule has 142 valence electrons. The van der Waals surface area contributed by atoms with Gasteiger partial charge in [-0.25, -0.2) is 0 Å². The quantitative estimate of drug-likeness (QED) is 0.730. The summed E-state index contributed by atoms with van der Waals surface area (Å²) >= 11 is 0. The van der Waals surface area contributed by atoms with Crippen molar-refractivity contribution in [3.63, 3.8) is 0 Å². The fraction of sp³-hybridized carbons (Fsp3) is 0.429. The second-order valence-electron chi connectivity index (χ2n) is 7.80. The van der Waals surface area contributed by atoms with E-state index in [1.165, 1.54) is 0 Å². The molecule has 0 N–H and O–H groups in total. The van der Waals surface area contributed by atoms with E-state index in [4.69, 9.17) is 0 Å². The van der Waals surface area contributed by atoms with Crippen LogP contribution in [0.3, 0.4) is 0 Å². The third-order valence-electron chi connectivity index (χ3n) is 6.21. The molecular weight excluding hydrogens is 353 g/mol. The van der Waals surface area contributed by atoms with Gasteiger partial charge >= 0.3 is 6.18 Å². The molecule has 2 aliphatic rings. The zero-order valence-corrected chi connectivity index (χ0v) is 15.5. The summed E-state index contributed by atoms with van der Waals surface area (Å²) in [6.45, 7) is 3.42. The summed E-state index contributed by atoms with van der Waals surface area (Å²) in [7, 11) is 1.82. The van der Waals surface area contributed by atoms with E-state index in [0.29, 0.717) is 18.5 Å². The SMILES string of the molecule is CC1C(=O)C(C(F)(F)F)=CC2(C)c3nn(C)c(-c4ccccc4)c3CCC12. The van der Waals surface area contributed by atoms with Gasteiger partial charge in [0.2, 0.25) is 0 Å². The number of benzene rings is 1. The maximum Gasteiger partial charge on any atom is 0.419 e. The van der Waals surface area contributed by atoms with E-state index in [-0.39, 0.29) is 5.92 Å². The molecule has 1 heterocycles. The fourth-order valence-corrected chi connectivity index (χ4v) is 4.94. The van der Waals surface area contributed by atoms with Crippen LogP contribution in [-0.4, -0.2) is 21.7 Å². The van der Waals surface area contributed by atoms with Crippen LogP contribution < -0.4 is 0 Å². The van der Waals surface area contributed by atoms with E-state index < -0.39 is 28.9 Å². The van der Waals surface area contributed by atoms with Gasteiger partial charge in [-0.1, -0.05) is 50.3 Å². The molecule has 0 bridgehead atoms. The molecule has 3 unspecified atom stereocenters. The summed E-state index contributed by atoms with van der Waals surface area (Å²) in [4.78, 5) is 12.4. The van der Waals surface area contributed by atoms with E-state index in [0.717, 1.165) is 22.9 Å². The van der Waals surface area contributed by atoms with Crippen molar-refractivity contribution in [1.82, 2.24) is 9.78 Å². The largest absolute Gasteiger partial charge is 0.419 e. The number of nitrogens with zero attached hydrogens (tertiary/aromatic N) is 2. The highest BCUT2D eigenvalue weighted by molar-refractivity contribution is 6.00. The Morgan fingerprint density at radius 2 is 1.89 bits per heavy atom. The van der Waals surface area contributed by atoms with Crippen LogP contribution in [0.25, 0.3) is 11.3 Å². The van der Waals surface area contributed by atoms with Gasteiger partial charge in [-0.15, -0.1) is 0 Å². The summed E-state index contributed by atoms with van der Waals surface area (Å²) < 4.78 is 42.3. The number of allylic oxidation sites excluding steroid dienone is 2. The van der Waals surface area contributed by atoms with Crippen molar-refractivity contribution in [2.24, 2.45) is 18.9 Å². The number of carbonyl (C=O) groups excluding carboxylic acids is 1. The molecule has 0 saturated carbocycles. The smallest absolute Gasteiger partial charge is 0.294 e. The van der Waals surface area contributed by atoms with Crippen LogP contribution in [0.2, 0.25) is 0 Å². The zero-order valence-electron chi connectivity index (χ0n) is 15.5. The van der Waals surface area contributed by atoms with E-state index in [1.54, 1.807) is 18.5 Å². The van der Waals surface area contributed by atoms with Gasteiger partial charge < -0.3 is 0 Å². The Labute approximate surface area is 155 Å². The van der Waals surface area contributed by atoms with Gasteiger partial charge in [0.25, 0.3) is 0 Å². The molecule has 3 nitrogen and oxygen atoms in total.